The van der Waals surface area contributed by atoms with Crippen LogP contribution >= 0.6 is 0 Å². The number of hydrogen-bond donors (Lipinski definition) is 0. The molecule has 0 aromatic heterocycles. The Morgan fingerprint density at radius 2 is 2.09 bits per heavy atom. The van der Waals surface area contributed by atoms with E-state index in [1.54, 1.807) is 6.26 Å². The summed E-state index contributed by atoms with van der Waals surface area (Å²) >= 11 is 0. The van der Waals surface area contributed by atoms with Crippen LogP contribution in [0.15, 0.2) is 23.9 Å². The van der Waals surface area contributed by atoms with E-state index in [1.165, 1.54) is 5.57 Å². The lowest BCUT2D eigenvalue weighted by atomic mass is 10.3. The normalized spacial score (nSPS) is 16.1. The molecule has 0 aromatic carbocycles. The van der Waals surface area contributed by atoms with Gasteiger partial charge in [0.25, 0.3) is 0 Å². The van der Waals surface area contributed by atoms with Gasteiger partial charge in [-0.1, -0.05) is 0 Å². The van der Waals surface area contributed by atoms with Crippen LogP contribution in [0.1, 0.15) is 27.7 Å². The van der Waals surface area contributed by atoms with Gasteiger partial charge in [0, 0.05) is 12.2 Å². The van der Waals surface area contributed by atoms with Crippen LogP contribution in [-0.4, -0.2) is 10.9 Å². The lowest BCUT2D eigenvalue weighted by molar-refractivity contribution is 0.240. The van der Waals surface area contributed by atoms with Crippen LogP contribution in [0.3, 0.4) is 0 Å². The van der Waals surface area contributed by atoms with Gasteiger partial charge in [0.1, 0.15) is 6.26 Å². The fourth-order valence-electron chi connectivity index (χ4n) is 1.07. The second-order valence-corrected chi connectivity index (χ2v) is 3.21. The van der Waals surface area contributed by atoms with Crippen LogP contribution in [0.2, 0.25) is 0 Å². The number of allylic oxidation sites excluding steroid dienone is 1. The predicted octanol–water partition coefficient (Wildman–Crippen LogP) is 2.45. The Balaban J connectivity index is 2.80. The van der Waals surface area contributed by atoms with Gasteiger partial charge in [-0.25, -0.2) is 0 Å². The summed E-state index contributed by atoms with van der Waals surface area (Å²) < 4.78 is 5.31. The van der Waals surface area contributed by atoms with Crippen molar-refractivity contribution in [3.05, 3.63) is 23.9 Å². The number of nitrogens with zero attached hydrogens (tertiary/aromatic N) is 1. The van der Waals surface area contributed by atoms with Gasteiger partial charge < -0.3 is 9.64 Å². The van der Waals surface area contributed by atoms with E-state index < -0.39 is 0 Å². The molecule has 0 radical (unpaired) electrons. The number of hydrogen-bond acceptors (Lipinski definition) is 2. The highest BCUT2D eigenvalue weighted by Gasteiger charge is 2.16. The van der Waals surface area contributed by atoms with E-state index >= 15 is 0 Å². The highest BCUT2D eigenvalue weighted by molar-refractivity contribution is 5.11. The molecule has 0 aliphatic carbocycles. The van der Waals surface area contributed by atoms with E-state index in [-0.39, 0.29) is 0 Å². The van der Waals surface area contributed by atoms with Gasteiger partial charge in [0.2, 0.25) is 0 Å². The summed E-state index contributed by atoms with van der Waals surface area (Å²) in [6.07, 6.45) is 3.69. The van der Waals surface area contributed by atoms with E-state index in [9.17, 15) is 0 Å². The molecule has 62 valence electrons. The van der Waals surface area contributed by atoms with E-state index in [0.717, 1.165) is 5.88 Å². The Hall–Kier alpha value is -0.920. The zero-order valence-corrected chi connectivity index (χ0v) is 7.59. The summed E-state index contributed by atoms with van der Waals surface area (Å²) in [5.41, 5.74) is 1.21. The zero-order valence-electron chi connectivity index (χ0n) is 7.59. The van der Waals surface area contributed by atoms with Gasteiger partial charge >= 0.3 is 0 Å². The molecule has 0 aromatic rings. The molecule has 0 atom stereocenters. The first-order valence-corrected chi connectivity index (χ1v) is 3.92. The van der Waals surface area contributed by atoms with Crippen molar-refractivity contribution in [3.63, 3.8) is 0 Å². The first kappa shape index (κ1) is 8.18. The third-order valence-electron chi connectivity index (χ3n) is 1.62. The average Bonchev–Trinajstić information content (AvgIpc) is 2.32. The third kappa shape index (κ3) is 1.56. The van der Waals surface area contributed by atoms with Crippen molar-refractivity contribution in [3.8, 4) is 0 Å². The third-order valence-corrected chi connectivity index (χ3v) is 1.62. The van der Waals surface area contributed by atoms with Crippen LogP contribution in [-0.2, 0) is 4.74 Å². The molecule has 0 N–H and O–H groups in total. The van der Waals surface area contributed by atoms with Gasteiger partial charge in [-0.15, -0.1) is 0 Å². The van der Waals surface area contributed by atoms with Gasteiger partial charge in [-0.3, -0.25) is 0 Å². The monoisotopic (exact) mass is 153 g/mol. The van der Waals surface area contributed by atoms with Crippen LogP contribution in [0.4, 0.5) is 0 Å². The highest BCUT2D eigenvalue weighted by Crippen LogP contribution is 2.21. The van der Waals surface area contributed by atoms with Crippen molar-refractivity contribution >= 4 is 0 Å². The first-order chi connectivity index (χ1) is 5.13. The topological polar surface area (TPSA) is 12.5 Å². The summed E-state index contributed by atoms with van der Waals surface area (Å²) in [7, 11) is 0. The molecule has 2 heteroatoms. The van der Waals surface area contributed by atoms with Crippen molar-refractivity contribution in [2.75, 3.05) is 0 Å². The largest absolute Gasteiger partial charge is 0.447 e. The minimum absolute atomic E-state index is 0.471. The molecule has 0 saturated carbocycles. The maximum absolute atomic E-state index is 5.31. The lowest BCUT2D eigenvalue weighted by Crippen LogP contribution is -2.22. The molecule has 0 saturated heterocycles. The van der Waals surface area contributed by atoms with Gasteiger partial charge in [0.15, 0.2) is 5.88 Å². The van der Waals surface area contributed by atoms with E-state index in [2.05, 4.69) is 32.6 Å². The molecule has 11 heavy (non-hydrogen) atoms. The SMILES string of the molecule is CC(C)=C1OC=CN1C(C)C. The maximum atomic E-state index is 5.31. The fourth-order valence-corrected chi connectivity index (χ4v) is 1.07. The summed E-state index contributed by atoms with van der Waals surface area (Å²) in [5, 5.41) is 0. The molecular weight excluding hydrogens is 138 g/mol. The Morgan fingerprint density at radius 3 is 2.45 bits per heavy atom. The molecule has 2 nitrogen and oxygen atoms in total. The van der Waals surface area contributed by atoms with Crippen molar-refractivity contribution in [1.82, 2.24) is 4.90 Å². The van der Waals surface area contributed by atoms with Crippen LogP contribution < -0.4 is 0 Å². The number of ether oxygens (including phenoxy) is 1. The molecule has 1 heterocycles. The predicted molar refractivity (Wildman–Crippen MR) is 45.6 cm³/mol. The average molecular weight is 153 g/mol. The minimum atomic E-state index is 0.471. The summed E-state index contributed by atoms with van der Waals surface area (Å²) in [5.74, 6) is 0.972. The van der Waals surface area contributed by atoms with Gasteiger partial charge in [-0.05, 0) is 33.3 Å². The van der Waals surface area contributed by atoms with Crippen molar-refractivity contribution < 1.29 is 4.74 Å². The highest BCUT2D eigenvalue weighted by atomic mass is 16.5. The molecule has 1 aliphatic rings. The molecule has 0 spiro atoms. The first-order valence-electron chi connectivity index (χ1n) is 3.92. The standard InChI is InChI=1S/C9H15NO/c1-7(2)9-10(8(3)4)5-6-11-9/h5-6,8H,1-4H3. The van der Waals surface area contributed by atoms with Crippen molar-refractivity contribution in [2.45, 2.75) is 33.7 Å². The van der Waals surface area contributed by atoms with Gasteiger partial charge in [0.05, 0.1) is 0 Å². The number of rotatable bonds is 1. The van der Waals surface area contributed by atoms with E-state index in [1.807, 2.05) is 6.20 Å². The molecule has 0 fully saturated rings. The second-order valence-electron chi connectivity index (χ2n) is 3.21. The Labute approximate surface area is 68.1 Å². The molecule has 1 aliphatic heterocycles. The second kappa shape index (κ2) is 2.99. The zero-order chi connectivity index (χ0) is 8.43. The summed E-state index contributed by atoms with van der Waals surface area (Å²) in [6, 6.07) is 0.471. The summed E-state index contributed by atoms with van der Waals surface area (Å²) in [6.45, 7) is 8.39. The van der Waals surface area contributed by atoms with Crippen molar-refractivity contribution in [2.24, 2.45) is 0 Å². The van der Waals surface area contributed by atoms with Gasteiger partial charge in [-0.2, -0.15) is 0 Å². The molecule has 0 unspecified atom stereocenters. The van der Waals surface area contributed by atoms with Crippen LogP contribution in [0.5, 0.6) is 0 Å². The van der Waals surface area contributed by atoms with E-state index in [0.29, 0.717) is 6.04 Å². The lowest BCUT2D eigenvalue weighted by Gasteiger charge is -2.21. The molecule has 0 amide bonds. The maximum Gasteiger partial charge on any atom is 0.198 e. The summed E-state index contributed by atoms with van der Waals surface area (Å²) in [4.78, 5) is 2.12. The smallest absolute Gasteiger partial charge is 0.198 e. The minimum Gasteiger partial charge on any atom is -0.447 e. The quantitative estimate of drug-likeness (QED) is 0.573. The van der Waals surface area contributed by atoms with Crippen LogP contribution in [0, 0.1) is 0 Å². The Bertz CT molecular complexity index is 200. The fraction of sp³-hybridized carbons (Fsp3) is 0.556. The van der Waals surface area contributed by atoms with Crippen LogP contribution in [0.25, 0.3) is 0 Å². The Morgan fingerprint density at radius 1 is 1.45 bits per heavy atom. The molecule has 1 rings (SSSR count). The molecular formula is C9H15NO. The Kier molecular flexibility index (Phi) is 2.22. The van der Waals surface area contributed by atoms with E-state index in [4.69, 9.17) is 4.74 Å². The molecule has 0 bridgehead atoms. The van der Waals surface area contributed by atoms with Crippen molar-refractivity contribution in [1.29, 1.82) is 0 Å².